The fourth-order valence-electron chi connectivity index (χ4n) is 2.83. The second-order valence-electron chi connectivity index (χ2n) is 5.78. The van der Waals surface area contributed by atoms with Gasteiger partial charge in [0.2, 0.25) is 5.91 Å². The molecule has 1 amide bonds. The quantitative estimate of drug-likeness (QED) is 0.718. The number of amides is 1. The first-order valence-corrected chi connectivity index (χ1v) is 8.12. The number of nitrogens with zero attached hydrogens (tertiary/aromatic N) is 2. The normalized spacial score (nSPS) is 10.5. The number of nitriles is 1. The average Bonchev–Trinajstić information content (AvgIpc) is 3.00. The van der Waals surface area contributed by atoms with Crippen LogP contribution in [0.25, 0.3) is 10.9 Å². The van der Waals surface area contributed by atoms with Crippen molar-refractivity contribution in [2.45, 2.75) is 13.5 Å². The van der Waals surface area contributed by atoms with Crippen LogP contribution in [0.3, 0.4) is 0 Å². The van der Waals surface area contributed by atoms with Gasteiger partial charge in [0, 0.05) is 17.5 Å². The van der Waals surface area contributed by atoms with Gasteiger partial charge in [-0.2, -0.15) is 5.26 Å². The first-order valence-electron chi connectivity index (χ1n) is 8.12. The second kappa shape index (κ2) is 7.11. The fraction of sp³-hybridized carbons (Fsp3) is 0.150. The molecule has 26 heavy (non-hydrogen) atoms. The molecule has 6 heteroatoms. The highest BCUT2D eigenvalue weighted by Crippen LogP contribution is 2.23. The van der Waals surface area contributed by atoms with Crippen molar-refractivity contribution in [2.75, 3.05) is 6.61 Å². The van der Waals surface area contributed by atoms with Crippen molar-refractivity contribution >= 4 is 22.8 Å². The van der Waals surface area contributed by atoms with Gasteiger partial charge < -0.3 is 15.0 Å². The lowest BCUT2D eigenvalue weighted by Gasteiger charge is -2.11. The fourth-order valence-corrected chi connectivity index (χ4v) is 2.83. The van der Waals surface area contributed by atoms with Gasteiger partial charge in [0.15, 0.2) is 0 Å². The lowest BCUT2D eigenvalue weighted by atomic mass is 10.1. The van der Waals surface area contributed by atoms with Gasteiger partial charge in [-0.15, -0.1) is 0 Å². The van der Waals surface area contributed by atoms with E-state index in [0.29, 0.717) is 23.4 Å². The van der Waals surface area contributed by atoms with Crippen LogP contribution >= 0.6 is 0 Å². The van der Waals surface area contributed by atoms with Crippen LogP contribution in [-0.4, -0.2) is 23.1 Å². The van der Waals surface area contributed by atoms with Gasteiger partial charge in [-0.3, -0.25) is 4.79 Å². The third kappa shape index (κ3) is 3.28. The number of rotatable bonds is 5. The van der Waals surface area contributed by atoms with Gasteiger partial charge in [-0.05, 0) is 42.8 Å². The van der Waals surface area contributed by atoms with E-state index in [2.05, 4.69) is 6.07 Å². The Morgan fingerprint density at radius 3 is 2.50 bits per heavy atom. The van der Waals surface area contributed by atoms with Crippen molar-refractivity contribution in [3.8, 4) is 6.07 Å². The zero-order chi connectivity index (χ0) is 18.7. The van der Waals surface area contributed by atoms with E-state index < -0.39 is 11.9 Å². The minimum absolute atomic E-state index is 0.275. The Morgan fingerprint density at radius 1 is 1.15 bits per heavy atom. The Labute approximate surface area is 150 Å². The van der Waals surface area contributed by atoms with E-state index in [0.717, 1.165) is 16.5 Å². The molecule has 1 aromatic heterocycles. The highest BCUT2D eigenvalue weighted by atomic mass is 16.5. The Morgan fingerprint density at radius 2 is 1.88 bits per heavy atom. The van der Waals surface area contributed by atoms with E-state index in [4.69, 9.17) is 15.7 Å². The summed E-state index contributed by atoms with van der Waals surface area (Å²) in [6.07, 6.45) is 0. The molecule has 3 rings (SSSR count). The SMILES string of the molecule is CCOC(=O)c1cc2ccc(C#N)cc2n1Cc1ccc(C(N)=O)cc1. The predicted molar refractivity (Wildman–Crippen MR) is 96.7 cm³/mol. The van der Waals surface area contributed by atoms with Crippen LogP contribution in [0.15, 0.2) is 48.5 Å². The summed E-state index contributed by atoms with van der Waals surface area (Å²) in [6.45, 7) is 2.42. The summed E-state index contributed by atoms with van der Waals surface area (Å²) < 4.78 is 6.97. The van der Waals surface area contributed by atoms with E-state index in [-0.39, 0.29) is 6.61 Å². The number of hydrogen-bond donors (Lipinski definition) is 1. The van der Waals surface area contributed by atoms with Crippen molar-refractivity contribution in [3.05, 3.63) is 70.9 Å². The zero-order valence-electron chi connectivity index (χ0n) is 14.2. The summed E-state index contributed by atoms with van der Waals surface area (Å²) in [4.78, 5) is 23.6. The van der Waals surface area contributed by atoms with Crippen molar-refractivity contribution in [3.63, 3.8) is 0 Å². The van der Waals surface area contributed by atoms with E-state index in [1.54, 1.807) is 49.4 Å². The number of ether oxygens (including phenoxy) is 1. The summed E-state index contributed by atoms with van der Waals surface area (Å²) in [5.41, 5.74) is 8.27. The van der Waals surface area contributed by atoms with Gasteiger partial charge in [-0.25, -0.2) is 4.79 Å². The largest absolute Gasteiger partial charge is 0.461 e. The number of carbonyl (C=O) groups is 2. The van der Waals surface area contributed by atoms with Gasteiger partial charge in [-0.1, -0.05) is 18.2 Å². The number of fused-ring (bicyclic) bond motifs is 1. The Bertz CT molecular complexity index is 1030. The topological polar surface area (TPSA) is 98.1 Å². The maximum atomic E-state index is 12.4. The smallest absolute Gasteiger partial charge is 0.354 e. The third-order valence-corrected chi connectivity index (χ3v) is 4.10. The molecule has 2 N–H and O–H groups in total. The molecule has 0 saturated heterocycles. The zero-order valence-corrected chi connectivity index (χ0v) is 14.2. The van der Waals surface area contributed by atoms with Crippen LogP contribution in [0.1, 0.15) is 38.9 Å². The van der Waals surface area contributed by atoms with Gasteiger partial charge in [0.1, 0.15) is 5.69 Å². The number of benzene rings is 2. The maximum Gasteiger partial charge on any atom is 0.354 e. The molecule has 0 spiro atoms. The van der Waals surface area contributed by atoms with Gasteiger partial charge in [0.05, 0.1) is 23.8 Å². The minimum Gasteiger partial charge on any atom is -0.461 e. The molecule has 1 heterocycles. The van der Waals surface area contributed by atoms with Crippen LogP contribution < -0.4 is 5.73 Å². The first-order chi connectivity index (χ1) is 12.5. The number of carbonyl (C=O) groups excluding carboxylic acids is 2. The number of esters is 1. The van der Waals surface area contributed by atoms with Crippen LogP contribution in [0.2, 0.25) is 0 Å². The molecule has 0 atom stereocenters. The molecule has 0 bridgehead atoms. The molecule has 0 aliphatic carbocycles. The molecule has 2 aromatic carbocycles. The van der Waals surface area contributed by atoms with Crippen molar-refractivity contribution in [2.24, 2.45) is 5.73 Å². The molecular formula is C20H17N3O3. The molecule has 0 unspecified atom stereocenters. The predicted octanol–water partition coefficient (Wildman–Crippen LogP) is 2.84. The van der Waals surface area contributed by atoms with Gasteiger partial charge in [0.25, 0.3) is 0 Å². The monoisotopic (exact) mass is 347 g/mol. The van der Waals surface area contributed by atoms with E-state index in [9.17, 15) is 9.59 Å². The average molecular weight is 347 g/mol. The van der Waals surface area contributed by atoms with Crippen LogP contribution in [0.4, 0.5) is 0 Å². The first kappa shape index (κ1) is 17.2. The summed E-state index contributed by atoms with van der Waals surface area (Å²) >= 11 is 0. The number of primary amides is 1. The van der Waals surface area contributed by atoms with E-state index in [1.807, 2.05) is 10.6 Å². The molecule has 3 aromatic rings. The standard InChI is InChI=1S/C20H17N3O3/c1-2-26-20(25)18-10-16-8-5-14(11-21)9-17(16)23(18)12-13-3-6-15(7-4-13)19(22)24/h3-10H,2,12H2,1H3,(H2,22,24). The van der Waals surface area contributed by atoms with Crippen molar-refractivity contribution in [1.29, 1.82) is 5.26 Å². The maximum absolute atomic E-state index is 12.4. The highest BCUT2D eigenvalue weighted by molar-refractivity contribution is 5.96. The van der Waals surface area contributed by atoms with Crippen LogP contribution in [-0.2, 0) is 11.3 Å². The highest BCUT2D eigenvalue weighted by Gasteiger charge is 2.17. The number of nitrogens with two attached hydrogens (primary N) is 1. The summed E-state index contributed by atoms with van der Waals surface area (Å²) in [5.74, 6) is -0.912. The molecule has 0 aliphatic rings. The number of aromatic nitrogens is 1. The Balaban J connectivity index is 2.08. The summed E-state index contributed by atoms with van der Waals surface area (Å²) in [6, 6.07) is 16.0. The van der Waals surface area contributed by atoms with Gasteiger partial charge >= 0.3 is 5.97 Å². The van der Waals surface area contributed by atoms with Crippen LogP contribution in [0, 0.1) is 11.3 Å². The summed E-state index contributed by atoms with van der Waals surface area (Å²) in [5, 5.41) is 10.0. The molecule has 0 fully saturated rings. The van der Waals surface area contributed by atoms with Crippen LogP contribution in [0.5, 0.6) is 0 Å². The van der Waals surface area contributed by atoms with E-state index >= 15 is 0 Å². The van der Waals surface area contributed by atoms with Crippen molar-refractivity contribution in [1.82, 2.24) is 4.57 Å². The second-order valence-corrected chi connectivity index (χ2v) is 5.78. The lowest BCUT2D eigenvalue weighted by Crippen LogP contribution is -2.13. The third-order valence-electron chi connectivity index (χ3n) is 4.10. The molecule has 130 valence electrons. The molecule has 6 nitrogen and oxygen atoms in total. The minimum atomic E-state index is -0.492. The molecule has 0 saturated carbocycles. The van der Waals surface area contributed by atoms with Crippen molar-refractivity contribution < 1.29 is 14.3 Å². The molecule has 0 aliphatic heterocycles. The van der Waals surface area contributed by atoms with E-state index in [1.165, 1.54) is 0 Å². The number of hydrogen-bond acceptors (Lipinski definition) is 4. The lowest BCUT2D eigenvalue weighted by molar-refractivity contribution is 0.0515. The Kier molecular flexibility index (Phi) is 4.72. The Hall–Kier alpha value is -3.59. The summed E-state index contributed by atoms with van der Waals surface area (Å²) in [7, 11) is 0. The molecular weight excluding hydrogens is 330 g/mol. The molecule has 0 radical (unpaired) electrons.